The van der Waals surface area contributed by atoms with Crippen LogP contribution in [0.3, 0.4) is 0 Å². The molecule has 0 aliphatic rings. The van der Waals surface area contributed by atoms with Crippen LogP contribution >= 0.6 is 0 Å². The average Bonchev–Trinajstić information content (AvgIpc) is 2.08. The van der Waals surface area contributed by atoms with Gasteiger partial charge in [0.05, 0.1) is 0 Å². The highest BCUT2D eigenvalue weighted by molar-refractivity contribution is 5.81. The Bertz CT molecular complexity index is 296. The van der Waals surface area contributed by atoms with Crippen LogP contribution in [-0.4, -0.2) is 30.5 Å². The highest BCUT2D eigenvalue weighted by atomic mass is 19.4. The summed E-state index contributed by atoms with van der Waals surface area (Å²) in [4.78, 5) is 10.4. The van der Waals surface area contributed by atoms with Crippen LogP contribution in [0.5, 0.6) is 0 Å². The Morgan fingerprint density at radius 2 is 1.56 bits per heavy atom. The zero-order valence-electron chi connectivity index (χ0n) is 7.28. The number of terminal acetylenes is 1. The van der Waals surface area contributed by atoms with E-state index in [9.17, 15) is 36.2 Å². The van der Waals surface area contributed by atoms with Gasteiger partial charge in [0.15, 0.2) is 12.2 Å². The van der Waals surface area contributed by atoms with Gasteiger partial charge in [-0.25, -0.2) is 0 Å². The van der Waals surface area contributed by atoms with E-state index in [-0.39, 0.29) is 0 Å². The van der Waals surface area contributed by atoms with Gasteiger partial charge in [-0.05, 0) is 0 Å². The van der Waals surface area contributed by atoms with Crippen molar-refractivity contribution < 1.29 is 41.0 Å². The first-order chi connectivity index (χ1) is 6.98. The topological polar surface area (TPSA) is 49.4 Å². The van der Waals surface area contributed by atoms with Gasteiger partial charge in [0, 0.05) is 0 Å². The van der Waals surface area contributed by atoms with Crippen LogP contribution in [0.2, 0.25) is 0 Å². The fourth-order valence-corrected chi connectivity index (χ4v) is 0.601. The Hall–Kier alpha value is -1.43. The van der Waals surface area contributed by atoms with Crippen LogP contribution in [0.4, 0.5) is 26.3 Å². The summed E-state index contributed by atoms with van der Waals surface area (Å²) in [6.45, 7) is -1.16. The number of carbonyl (C=O) groups is 1. The van der Waals surface area contributed by atoms with Crippen LogP contribution in [-0.2, 0) is 9.53 Å². The van der Waals surface area contributed by atoms with Crippen molar-refractivity contribution >= 4 is 5.97 Å². The van der Waals surface area contributed by atoms with Crippen LogP contribution in [0.1, 0.15) is 0 Å². The lowest BCUT2D eigenvalue weighted by molar-refractivity contribution is -0.574. The van der Waals surface area contributed by atoms with E-state index in [0.717, 1.165) is 0 Å². The standard InChI is InChI=1S/C7H3F6O3/c1-2-3-16-4(14)5(15,6(8,9)10)7(11,12)13/h1H,3H2/q-1. The second-order valence-electron chi connectivity index (χ2n) is 2.46. The quantitative estimate of drug-likeness (QED) is 0.404. The number of rotatable bonds is 2. The van der Waals surface area contributed by atoms with Crippen molar-refractivity contribution in [3.05, 3.63) is 0 Å². The molecule has 0 aromatic heterocycles. The molecule has 0 aromatic carbocycles. The molecule has 0 spiro atoms. The van der Waals surface area contributed by atoms with Crippen molar-refractivity contribution in [3.63, 3.8) is 0 Å². The molecule has 0 fully saturated rings. The largest absolute Gasteiger partial charge is 0.828 e. The summed E-state index contributed by atoms with van der Waals surface area (Å²) in [6, 6.07) is 0. The summed E-state index contributed by atoms with van der Waals surface area (Å²) in [5.41, 5.74) is -5.82. The zero-order chi connectivity index (χ0) is 13.2. The normalized spacial score (nSPS) is 13.1. The lowest BCUT2D eigenvalue weighted by atomic mass is 10.0. The molecule has 0 saturated heterocycles. The van der Waals surface area contributed by atoms with Gasteiger partial charge >= 0.3 is 18.3 Å². The number of hydrogen-bond donors (Lipinski definition) is 0. The summed E-state index contributed by atoms with van der Waals surface area (Å²) >= 11 is 0. The number of ether oxygens (including phenoxy) is 1. The highest BCUT2D eigenvalue weighted by Crippen LogP contribution is 2.41. The third kappa shape index (κ3) is 2.38. The molecule has 0 aromatic rings. The van der Waals surface area contributed by atoms with E-state index in [2.05, 4.69) is 11.2 Å². The smallest absolute Gasteiger partial charge is 0.399 e. The maximum Gasteiger partial charge on any atom is 0.399 e. The molecular formula is C7H3F6O3-. The highest BCUT2D eigenvalue weighted by Gasteiger charge is 2.68. The molecule has 0 bridgehead atoms. The van der Waals surface area contributed by atoms with Crippen molar-refractivity contribution in [2.24, 2.45) is 0 Å². The summed E-state index contributed by atoms with van der Waals surface area (Å²) in [6.07, 6.45) is -8.28. The molecule has 16 heavy (non-hydrogen) atoms. The molecule has 0 aliphatic carbocycles. The molecule has 0 rings (SSSR count). The fourth-order valence-electron chi connectivity index (χ4n) is 0.601. The molecule has 0 saturated carbocycles. The fraction of sp³-hybridized carbons (Fsp3) is 0.571. The second-order valence-corrected chi connectivity index (χ2v) is 2.46. The summed E-state index contributed by atoms with van der Waals surface area (Å²) < 4.78 is 74.7. The minimum atomic E-state index is -6.36. The Morgan fingerprint density at radius 3 is 1.81 bits per heavy atom. The van der Waals surface area contributed by atoms with Gasteiger partial charge in [0.25, 0.3) is 0 Å². The van der Waals surface area contributed by atoms with Gasteiger partial charge in [-0.15, -0.1) is 6.42 Å². The molecule has 0 aliphatic heterocycles. The lowest BCUT2D eigenvalue weighted by Gasteiger charge is -2.39. The number of carbonyl (C=O) groups excluding carboxylic acids is 1. The first kappa shape index (κ1) is 14.6. The first-order valence-electron chi connectivity index (χ1n) is 3.43. The zero-order valence-corrected chi connectivity index (χ0v) is 7.28. The second kappa shape index (κ2) is 4.21. The van der Waals surface area contributed by atoms with Crippen LogP contribution in [0, 0.1) is 12.3 Å². The minimum Gasteiger partial charge on any atom is -0.828 e. The number of halogens is 6. The average molecular weight is 249 g/mol. The molecule has 9 heteroatoms. The Morgan fingerprint density at radius 1 is 1.19 bits per heavy atom. The van der Waals surface area contributed by atoms with Gasteiger partial charge in [0.2, 0.25) is 0 Å². The lowest BCUT2D eigenvalue weighted by Crippen LogP contribution is -2.71. The van der Waals surface area contributed by atoms with E-state index in [0.29, 0.717) is 0 Å². The third-order valence-electron chi connectivity index (χ3n) is 1.37. The maximum atomic E-state index is 11.9. The SMILES string of the molecule is C#CCOC(=O)C([O-])(C(F)(F)F)C(F)(F)F. The van der Waals surface area contributed by atoms with Gasteiger partial charge in [0.1, 0.15) is 0 Å². The summed E-state index contributed by atoms with van der Waals surface area (Å²) in [7, 11) is 0. The van der Waals surface area contributed by atoms with Crippen molar-refractivity contribution in [3.8, 4) is 12.3 Å². The van der Waals surface area contributed by atoms with Crippen molar-refractivity contribution in [1.29, 1.82) is 0 Å². The van der Waals surface area contributed by atoms with E-state index in [1.54, 1.807) is 0 Å². The summed E-state index contributed by atoms with van der Waals surface area (Å²) in [5, 5.41) is 10.6. The van der Waals surface area contributed by atoms with Crippen molar-refractivity contribution in [2.45, 2.75) is 18.0 Å². The molecule has 0 N–H and O–H groups in total. The molecule has 0 radical (unpaired) electrons. The van der Waals surface area contributed by atoms with Gasteiger partial charge < -0.3 is 9.84 Å². The molecule has 3 nitrogen and oxygen atoms in total. The van der Waals surface area contributed by atoms with Crippen molar-refractivity contribution in [2.75, 3.05) is 6.61 Å². The molecular weight excluding hydrogens is 246 g/mol. The van der Waals surface area contributed by atoms with Crippen molar-refractivity contribution in [1.82, 2.24) is 0 Å². The maximum absolute atomic E-state index is 11.9. The van der Waals surface area contributed by atoms with Gasteiger partial charge in [-0.2, -0.15) is 26.3 Å². The Kier molecular flexibility index (Phi) is 3.83. The molecule has 0 atom stereocenters. The van der Waals surface area contributed by atoms with E-state index in [4.69, 9.17) is 0 Å². The molecule has 0 unspecified atom stereocenters. The van der Waals surface area contributed by atoms with E-state index in [1.807, 2.05) is 0 Å². The summed E-state index contributed by atoms with van der Waals surface area (Å²) in [5.74, 6) is -1.57. The van der Waals surface area contributed by atoms with Crippen LogP contribution in [0.25, 0.3) is 0 Å². The van der Waals surface area contributed by atoms with E-state index >= 15 is 0 Å². The predicted octanol–water partition coefficient (Wildman–Crippen LogP) is 0.386. The Labute approximate surface area is 85.0 Å². The van der Waals surface area contributed by atoms with E-state index in [1.165, 1.54) is 5.92 Å². The number of alkyl halides is 6. The third-order valence-corrected chi connectivity index (χ3v) is 1.37. The number of hydrogen-bond acceptors (Lipinski definition) is 3. The molecule has 0 amide bonds. The number of esters is 1. The molecule has 92 valence electrons. The Balaban J connectivity index is 5.29. The first-order valence-corrected chi connectivity index (χ1v) is 3.43. The van der Waals surface area contributed by atoms with Gasteiger partial charge in [-0.1, -0.05) is 5.92 Å². The minimum absolute atomic E-state index is 1.16. The molecule has 0 heterocycles. The predicted molar refractivity (Wildman–Crippen MR) is 34.6 cm³/mol. The van der Waals surface area contributed by atoms with Crippen LogP contribution < -0.4 is 5.11 Å². The van der Waals surface area contributed by atoms with Gasteiger partial charge in [-0.3, -0.25) is 4.79 Å². The monoisotopic (exact) mass is 249 g/mol. The van der Waals surface area contributed by atoms with Crippen LogP contribution in [0.15, 0.2) is 0 Å². The van der Waals surface area contributed by atoms with E-state index < -0.39 is 30.5 Å².